The second-order valence-corrected chi connectivity index (χ2v) is 7.38. The Labute approximate surface area is 181 Å². The van der Waals surface area contributed by atoms with E-state index in [0.29, 0.717) is 36.2 Å². The maximum atomic E-state index is 12.6. The van der Waals surface area contributed by atoms with Crippen molar-refractivity contribution in [2.24, 2.45) is 0 Å². The molecule has 1 heterocycles. The highest BCUT2D eigenvalue weighted by atomic mass is 35.5. The van der Waals surface area contributed by atoms with E-state index in [1.54, 1.807) is 25.3 Å². The topological polar surface area (TPSA) is 42.0 Å². The summed E-state index contributed by atoms with van der Waals surface area (Å²) >= 11 is 12.6. The maximum absolute atomic E-state index is 12.6. The lowest BCUT2D eigenvalue weighted by Crippen LogP contribution is -2.48. The third-order valence-corrected chi connectivity index (χ3v) is 5.34. The van der Waals surface area contributed by atoms with Gasteiger partial charge in [-0.2, -0.15) is 0 Å². The number of hydrogen-bond acceptors (Lipinski definition) is 4. The predicted molar refractivity (Wildman–Crippen MR) is 118 cm³/mol. The van der Waals surface area contributed by atoms with Crippen molar-refractivity contribution in [2.75, 3.05) is 44.8 Å². The molecule has 2 aromatic carbocycles. The Balaban J connectivity index is 1.64. The lowest BCUT2D eigenvalue weighted by atomic mass is 10.1. The van der Waals surface area contributed by atoms with E-state index in [0.717, 1.165) is 29.4 Å². The van der Waals surface area contributed by atoms with Gasteiger partial charge < -0.3 is 19.3 Å². The molecule has 29 heavy (non-hydrogen) atoms. The minimum absolute atomic E-state index is 0.0336. The number of carbonyl (C=O) groups is 1. The van der Waals surface area contributed by atoms with Crippen LogP contribution >= 0.6 is 23.2 Å². The molecule has 1 saturated heterocycles. The van der Waals surface area contributed by atoms with Gasteiger partial charge in [-0.3, -0.25) is 4.79 Å². The van der Waals surface area contributed by atoms with Gasteiger partial charge in [-0.1, -0.05) is 35.3 Å². The molecule has 0 aromatic heterocycles. The summed E-state index contributed by atoms with van der Waals surface area (Å²) in [5.74, 6) is 1.02. The zero-order valence-electron chi connectivity index (χ0n) is 16.5. The van der Waals surface area contributed by atoms with Gasteiger partial charge in [0, 0.05) is 32.3 Å². The van der Waals surface area contributed by atoms with Gasteiger partial charge in [0.1, 0.15) is 0 Å². The van der Waals surface area contributed by atoms with E-state index in [4.69, 9.17) is 32.7 Å². The number of benzene rings is 2. The molecule has 0 spiro atoms. The first-order valence-electron chi connectivity index (χ1n) is 9.50. The summed E-state index contributed by atoms with van der Waals surface area (Å²) in [6.07, 6.45) is 3.32. The highest BCUT2D eigenvalue weighted by molar-refractivity contribution is 6.33. The fraction of sp³-hybridized carbons (Fsp3) is 0.318. The molecule has 1 fully saturated rings. The number of amides is 1. The molecule has 3 rings (SSSR count). The smallest absolute Gasteiger partial charge is 0.246 e. The average molecular weight is 435 g/mol. The van der Waals surface area contributed by atoms with Crippen LogP contribution in [-0.2, 0) is 4.79 Å². The number of rotatable bonds is 6. The zero-order chi connectivity index (χ0) is 20.8. The SMILES string of the molecule is CCOc1cc(/C=C/C(=O)N2CCN(c3ccccc3Cl)CC2)cc(Cl)c1OC. The van der Waals surface area contributed by atoms with Crippen molar-refractivity contribution in [1.29, 1.82) is 0 Å². The lowest BCUT2D eigenvalue weighted by Gasteiger charge is -2.36. The molecule has 1 amide bonds. The second kappa shape index (κ2) is 9.90. The Bertz CT molecular complexity index is 894. The van der Waals surface area contributed by atoms with Gasteiger partial charge in [-0.15, -0.1) is 0 Å². The number of hydrogen-bond donors (Lipinski definition) is 0. The van der Waals surface area contributed by atoms with Crippen LogP contribution in [0.25, 0.3) is 6.08 Å². The quantitative estimate of drug-likeness (QED) is 0.614. The standard InChI is InChI=1S/C22H24Cl2N2O3/c1-3-29-20-15-16(14-18(24)22(20)28-2)8-9-21(27)26-12-10-25(11-13-26)19-7-5-4-6-17(19)23/h4-9,14-15H,3,10-13H2,1-2H3/b9-8+. The van der Waals surface area contributed by atoms with Crippen LogP contribution in [0.4, 0.5) is 5.69 Å². The summed E-state index contributed by atoms with van der Waals surface area (Å²) < 4.78 is 10.9. The second-order valence-electron chi connectivity index (χ2n) is 6.56. The van der Waals surface area contributed by atoms with Gasteiger partial charge in [0.25, 0.3) is 0 Å². The van der Waals surface area contributed by atoms with Crippen LogP contribution in [0.15, 0.2) is 42.5 Å². The van der Waals surface area contributed by atoms with Gasteiger partial charge in [-0.05, 0) is 42.8 Å². The molecule has 0 atom stereocenters. The molecular formula is C22H24Cl2N2O3. The van der Waals surface area contributed by atoms with E-state index >= 15 is 0 Å². The van der Waals surface area contributed by atoms with Crippen molar-refractivity contribution in [3.63, 3.8) is 0 Å². The highest BCUT2D eigenvalue weighted by Crippen LogP contribution is 2.36. The van der Waals surface area contributed by atoms with Crippen LogP contribution in [0.3, 0.4) is 0 Å². The molecule has 5 nitrogen and oxygen atoms in total. The van der Waals surface area contributed by atoms with Crippen molar-refractivity contribution >= 4 is 40.9 Å². The molecular weight excluding hydrogens is 411 g/mol. The number of halogens is 2. The van der Waals surface area contributed by atoms with Gasteiger partial charge >= 0.3 is 0 Å². The number of piperazine rings is 1. The van der Waals surface area contributed by atoms with Crippen LogP contribution in [0.5, 0.6) is 11.5 Å². The molecule has 0 N–H and O–H groups in total. The Hall–Kier alpha value is -2.37. The Morgan fingerprint density at radius 1 is 1.10 bits per heavy atom. The van der Waals surface area contributed by atoms with Crippen molar-refractivity contribution in [2.45, 2.75) is 6.92 Å². The molecule has 1 aliphatic rings. The van der Waals surface area contributed by atoms with Gasteiger partial charge in [0.15, 0.2) is 11.5 Å². The number of para-hydroxylation sites is 1. The fourth-order valence-corrected chi connectivity index (χ4v) is 3.85. The molecule has 154 valence electrons. The summed E-state index contributed by atoms with van der Waals surface area (Å²) in [5, 5.41) is 1.17. The number of anilines is 1. The normalized spacial score (nSPS) is 14.3. The predicted octanol–water partition coefficient (Wildman–Crippen LogP) is 4.76. The van der Waals surface area contributed by atoms with Crippen molar-refractivity contribution in [3.05, 3.63) is 58.1 Å². The van der Waals surface area contributed by atoms with Crippen LogP contribution in [0, 0.1) is 0 Å². The molecule has 7 heteroatoms. The minimum atomic E-state index is -0.0336. The molecule has 0 radical (unpaired) electrons. The van der Waals surface area contributed by atoms with E-state index in [1.165, 1.54) is 0 Å². The van der Waals surface area contributed by atoms with Gasteiger partial charge in [0.05, 0.1) is 29.4 Å². The fourth-order valence-electron chi connectivity index (χ4n) is 3.29. The largest absolute Gasteiger partial charge is 0.491 e. The van der Waals surface area contributed by atoms with Crippen LogP contribution in [0.2, 0.25) is 10.0 Å². The van der Waals surface area contributed by atoms with E-state index in [1.807, 2.05) is 42.2 Å². The molecule has 0 aliphatic carbocycles. The molecule has 1 aliphatic heterocycles. The summed E-state index contributed by atoms with van der Waals surface area (Å²) in [4.78, 5) is 16.6. The average Bonchev–Trinajstić information content (AvgIpc) is 2.73. The van der Waals surface area contributed by atoms with Crippen molar-refractivity contribution in [3.8, 4) is 11.5 Å². The van der Waals surface area contributed by atoms with E-state index in [2.05, 4.69) is 4.90 Å². The van der Waals surface area contributed by atoms with Gasteiger partial charge in [0.2, 0.25) is 5.91 Å². The van der Waals surface area contributed by atoms with E-state index < -0.39 is 0 Å². The van der Waals surface area contributed by atoms with Crippen LogP contribution in [-0.4, -0.2) is 50.7 Å². The zero-order valence-corrected chi connectivity index (χ0v) is 18.0. The summed E-state index contributed by atoms with van der Waals surface area (Å²) in [7, 11) is 1.55. The van der Waals surface area contributed by atoms with Crippen LogP contribution in [0.1, 0.15) is 12.5 Å². The third kappa shape index (κ3) is 5.17. The number of ether oxygens (including phenoxy) is 2. The summed E-state index contributed by atoms with van der Waals surface area (Å²) in [6, 6.07) is 11.3. The number of nitrogens with zero attached hydrogens (tertiary/aromatic N) is 2. The Kier molecular flexibility index (Phi) is 7.29. The first-order chi connectivity index (χ1) is 14.0. The maximum Gasteiger partial charge on any atom is 0.246 e. The van der Waals surface area contributed by atoms with Crippen molar-refractivity contribution in [1.82, 2.24) is 4.90 Å². The molecule has 0 unspecified atom stereocenters. The minimum Gasteiger partial charge on any atom is -0.491 e. The molecule has 2 aromatic rings. The lowest BCUT2D eigenvalue weighted by molar-refractivity contribution is -0.126. The Morgan fingerprint density at radius 3 is 2.48 bits per heavy atom. The van der Waals surface area contributed by atoms with E-state index in [-0.39, 0.29) is 5.91 Å². The van der Waals surface area contributed by atoms with E-state index in [9.17, 15) is 4.79 Å². The first kappa shape index (κ1) is 21.3. The van der Waals surface area contributed by atoms with Gasteiger partial charge in [-0.25, -0.2) is 0 Å². The molecule has 0 saturated carbocycles. The molecule has 0 bridgehead atoms. The van der Waals surface area contributed by atoms with Crippen LogP contribution < -0.4 is 14.4 Å². The number of carbonyl (C=O) groups excluding carboxylic acids is 1. The monoisotopic (exact) mass is 434 g/mol. The highest BCUT2D eigenvalue weighted by Gasteiger charge is 2.21. The number of methoxy groups -OCH3 is 1. The first-order valence-corrected chi connectivity index (χ1v) is 10.3. The van der Waals surface area contributed by atoms with Crippen molar-refractivity contribution < 1.29 is 14.3 Å². The summed E-state index contributed by atoms with van der Waals surface area (Å²) in [5.41, 5.74) is 1.79. The Morgan fingerprint density at radius 2 is 1.83 bits per heavy atom. The summed E-state index contributed by atoms with van der Waals surface area (Å²) in [6.45, 7) is 5.15. The third-order valence-electron chi connectivity index (χ3n) is 4.74.